The summed E-state index contributed by atoms with van der Waals surface area (Å²) in [5.74, 6) is 6.07. The van der Waals surface area contributed by atoms with Gasteiger partial charge in [-0.25, -0.2) is 9.97 Å². The number of aromatic amines is 1. The second kappa shape index (κ2) is 9.81. The van der Waals surface area contributed by atoms with Crippen molar-refractivity contribution in [1.82, 2.24) is 29.6 Å². The Kier molecular flexibility index (Phi) is 6.41. The van der Waals surface area contributed by atoms with Crippen molar-refractivity contribution in [1.29, 1.82) is 0 Å². The highest BCUT2D eigenvalue weighted by Crippen LogP contribution is 2.36. The molecule has 0 aliphatic carbocycles. The second-order valence-corrected chi connectivity index (χ2v) is 8.63. The van der Waals surface area contributed by atoms with Crippen LogP contribution < -0.4 is 4.90 Å². The van der Waals surface area contributed by atoms with Gasteiger partial charge in [0.15, 0.2) is 0 Å². The molecule has 1 aliphatic heterocycles. The molecule has 0 spiro atoms. The van der Waals surface area contributed by atoms with Crippen LogP contribution >= 0.6 is 11.6 Å². The molecule has 2 amide bonds. The van der Waals surface area contributed by atoms with Crippen molar-refractivity contribution in [3.63, 3.8) is 0 Å². The summed E-state index contributed by atoms with van der Waals surface area (Å²) in [5, 5.41) is 5.37. The Morgan fingerprint density at radius 2 is 2.11 bits per heavy atom. The number of hydrogen-bond acceptors (Lipinski definition) is 6. The number of aryl methyl sites for hydroxylation is 1. The first-order valence-electron chi connectivity index (χ1n) is 11.2. The van der Waals surface area contributed by atoms with Crippen molar-refractivity contribution in [2.45, 2.75) is 0 Å². The first-order valence-corrected chi connectivity index (χ1v) is 11.5. The molecule has 1 aliphatic rings. The van der Waals surface area contributed by atoms with Crippen LogP contribution in [0.2, 0.25) is 5.02 Å². The minimum atomic E-state index is -0.199. The Labute approximate surface area is 211 Å². The van der Waals surface area contributed by atoms with Gasteiger partial charge in [0.05, 0.1) is 16.0 Å². The van der Waals surface area contributed by atoms with Crippen LogP contribution in [0.3, 0.4) is 0 Å². The van der Waals surface area contributed by atoms with E-state index in [0.717, 1.165) is 11.3 Å². The number of anilines is 1. The van der Waals surface area contributed by atoms with E-state index in [1.807, 2.05) is 24.3 Å². The van der Waals surface area contributed by atoms with Crippen molar-refractivity contribution >= 4 is 40.1 Å². The van der Waals surface area contributed by atoms with Gasteiger partial charge >= 0.3 is 0 Å². The number of carbonyl (C=O) groups is 2. The normalized spacial score (nSPS) is 13.7. The smallest absolute Gasteiger partial charge is 0.249 e. The fourth-order valence-electron chi connectivity index (χ4n) is 4.09. The van der Waals surface area contributed by atoms with E-state index in [4.69, 9.17) is 16.3 Å². The van der Waals surface area contributed by atoms with E-state index in [9.17, 15) is 9.59 Å². The van der Waals surface area contributed by atoms with E-state index in [-0.39, 0.29) is 25.0 Å². The predicted octanol–water partition coefficient (Wildman–Crippen LogP) is 2.23. The van der Waals surface area contributed by atoms with Crippen LogP contribution in [0.25, 0.3) is 22.2 Å². The maximum atomic E-state index is 12.8. The monoisotopic (exact) mass is 503 g/mol. The summed E-state index contributed by atoms with van der Waals surface area (Å²) in [4.78, 5) is 39.9. The van der Waals surface area contributed by atoms with Gasteiger partial charge in [0.2, 0.25) is 17.6 Å². The third-order valence-electron chi connectivity index (χ3n) is 5.86. The van der Waals surface area contributed by atoms with Crippen LogP contribution in [0.15, 0.2) is 43.0 Å². The van der Waals surface area contributed by atoms with Crippen LogP contribution in [-0.4, -0.2) is 74.8 Å². The highest BCUT2D eigenvalue weighted by Gasteiger charge is 2.28. The molecule has 11 heteroatoms. The van der Waals surface area contributed by atoms with Gasteiger partial charge in [-0.1, -0.05) is 29.7 Å². The van der Waals surface area contributed by atoms with Crippen molar-refractivity contribution in [3.8, 4) is 23.0 Å². The van der Waals surface area contributed by atoms with Gasteiger partial charge < -0.3 is 19.5 Å². The van der Waals surface area contributed by atoms with E-state index in [1.165, 1.54) is 12.0 Å². The molecule has 182 valence electrons. The second-order valence-electron chi connectivity index (χ2n) is 8.25. The number of H-pyrrole nitrogens is 1. The molecule has 36 heavy (non-hydrogen) atoms. The summed E-state index contributed by atoms with van der Waals surface area (Å²) >= 11 is 6.86. The van der Waals surface area contributed by atoms with Gasteiger partial charge in [0, 0.05) is 50.9 Å². The summed E-state index contributed by atoms with van der Waals surface area (Å²) in [7, 11) is 3.24. The number of ether oxygens (including phenoxy) is 1. The number of benzene rings is 1. The molecule has 10 nitrogen and oxygen atoms in total. The Morgan fingerprint density at radius 1 is 1.25 bits per heavy atom. The Balaban J connectivity index is 1.44. The number of carbonyl (C=O) groups excluding carboxylic acids is 2. The molecule has 0 unspecified atom stereocenters. The SMILES string of the molecule is COCC(=O)N1CCN(c2cccc(-c3cnc4[nH]cc(C#Cc5ncn(C)n5)c4c3Cl)c2)C(=O)C1. The van der Waals surface area contributed by atoms with E-state index in [0.29, 0.717) is 46.1 Å². The highest BCUT2D eigenvalue weighted by atomic mass is 35.5. The molecule has 0 saturated carbocycles. The fraction of sp³-hybridized carbons (Fsp3) is 0.240. The standard InChI is InChI=1S/C25H22ClN7O3/c1-31-15-29-20(30-31)7-6-17-11-27-25-23(17)24(26)19(12-28-25)16-4-3-5-18(10-16)33-9-8-32(13-21(33)34)22(35)14-36-2/h3-5,10-12,15H,8-9,13-14H2,1-2H3,(H,27,28). The first-order chi connectivity index (χ1) is 17.4. The minimum Gasteiger partial charge on any atom is -0.375 e. The van der Waals surface area contributed by atoms with Crippen molar-refractivity contribution in [3.05, 3.63) is 59.4 Å². The predicted molar refractivity (Wildman–Crippen MR) is 134 cm³/mol. The Morgan fingerprint density at radius 3 is 2.86 bits per heavy atom. The van der Waals surface area contributed by atoms with Gasteiger partial charge in [-0.15, -0.1) is 5.10 Å². The number of hydrogen-bond donors (Lipinski definition) is 1. The third kappa shape index (κ3) is 4.54. The van der Waals surface area contributed by atoms with Gasteiger partial charge in [-0.2, -0.15) is 0 Å². The van der Waals surface area contributed by atoms with Crippen LogP contribution in [0.4, 0.5) is 5.69 Å². The maximum Gasteiger partial charge on any atom is 0.249 e. The first kappa shape index (κ1) is 23.5. The lowest BCUT2D eigenvalue weighted by Gasteiger charge is -2.34. The van der Waals surface area contributed by atoms with E-state index in [2.05, 4.69) is 31.9 Å². The van der Waals surface area contributed by atoms with Gasteiger partial charge in [-0.3, -0.25) is 14.3 Å². The number of amides is 2. The number of piperazine rings is 1. The average molecular weight is 504 g/mol. The van der Waals surface area contributed by atoms with Crippen molar-refractivity contribution in [2.75, 3.05) is 38.3 Å². The largest absolute Gasteiger partial charge is 0.375 e. The summed E-state index contributed by atoms with van der Waals surface area (Å²) in [5.41, 5.74) is 3.54. The average Bonchev–Trinajstić information content (AvgIpc) is 3.49. The minimum absolute atomic E-state index is 0.0111. The Bertz CT molecular complexity index is 1530. The molecule has 1 aromatic carbocycles. The van der Waals surface area contributed by atoms with Gasteiger partial charge in [0.25, 0.3) is 0 Å². The molecule has 1 saturated heterocycles. The number of halogens is 1. The lowest BCUT2D eigenvalue weighted by Crippen LogP contribution is -2.53. The summed E-state index contributed by atoms with van der Waals surface area (Å²) in [6.45, 7) is 0.794. The topological polar surface area (TPSA) is 109 Å². The molecule has 5 rings (SSSR count). The zero-order chi connectivity index (χ0) is 25.2. The fourth-order valence-corrected chi connectivity index (χ4v) is 4.44. The maximum absolute atomic E-state index is 12.8. The molecule has 3 aromatic heterocycles. The molecular formula is C25H22ClN7O3. The van der Waals surface area contributed by atoms with Gasteiger partial charge in [-0.05, 0) is 23.6 Å². The molecular weight excluding hydrogens is 482 g/mol. The number of rotatable bonds is 4. The number of fused-ring (bicyclic) bond motifs is 1. The van der Waals surface area contributed by atoms with Crippen LogP contribution in [0.5, 0.6) is 0 Å². The molecule has 4 heterocycles. The van der Waals surface area contributed by atoms with Gasteiger partial charge in [0.1, 0.15) is 25.1 Å². The zero-order valence-electron chi connectivity index (χ0n) is 19.7. The number of pyridine rings is 1. The Hall–Kier alpha value is -4.20. The number of nitrogens with zero attached hydrogens (tertiary/aromatic N) is 6. The quantitative estimate of drug-likeness (QED) is 0.428. The summed E-state index contributed by atoms with van der Waals surface area (Å²) in [6, 6.07) is 7.54. The number of aromatic nitrogens is 5. The van der Waals surface area contributed by atoms with E-state index in [1.54, 1.807) is 35.4 Å². The highest BCUT2D eigenvalue weighted by molar-refractivity contribution is 6.38. The molecule has 1 fully saturated rings. The number of nitrogens with one attached hydrogen (secondary N) is 1. The summed E-state index contributed by atoms with van der Waals surface area (Å²) < 4.78 is 6.48. The zero-order valence-corrected chi connectivity index (χ0v) is 20.4. The van der Waals surface area contributed by atoms with Crippen LogP contribution in [-0.2, 0) is 21.4 Å². The third-order valence-corrected chi connectivity index (χ3v) is 6.25. The molecule has 4 aromatic rings. The van der Waals surface area contributed by atoms with E-state index < -0.39 is 0 Å². The lowest BCUT2D eigenvalue weighted by molar-refractivity contribution is -0.139. The van der Waals surface area contributed by atoms with Crippen molar-refractivity contribution < 1.29 is 14.3 Å². The van der Waals surface area contributed by atoms with Crippen LogP contribution in [0.1, 0.15) is 11.4 Å². The van der Waals surface area contributed by atoms with Crippen LogP contribution in [0, 0.1) is 11.8 Å². The summed E-state index contributed by atoms with van der Waals surface area (Å²) in [6.07, 6.45) is 5.03. The molecule has 0 bridgehead atoms. The molecule has 0 atom stereocenters. The van der Waals surface area contributed by atoms with E-state index >= 15 is 0 Å². The van der Waals surface area contributed by atoms with Crippen molar-refractivity contribution in [2.24, 2.45) is 7.05 Å². The molecule has 0 radical (unpaired) electrons. The lowest BCUT2D eigenvalue weighted by atomic mass is 10.0. The number of methoxy groups -OCH3 is 1. The molecule has 1 N–H and O–H groups in total.